The van der Waals surface area contributed by atoms with Gasteiger partial charge >= 0.3 is 0 Å². The monoisotopic (exact) mass is 314 g/mol. The molecule has 1 aromatic heterocycles. The van der Waals surface area contributed by atoms with E-state index < -0.39 is 0 Å². The van der Waals surface area contributed by atoms with Crippen molar-refractivity contribution in [2.24, 2.45) is 5.73 Å². The molecule has 3 rings (SSSR count). The van der Waals surface area contributed by atoms with Gasteiger partial charge in [-0.15, -0.1) is 0 Å². The van der Waals surface area contributed by atoms with Gasteiger partial charge in [-0.2, -0.15) is 5.10 Å². The van der Waals surface area contributed by atoms with Crippen LogP contribution < -0.4 is 10.5 Å². The molecule has 2 heterocycles. The van der Waals surface area contributed by atoms with Gasteiger partial charge in [-0.25, -0.2) is 0 Å². The molecule has 23 heavy (non-hydrogen) atoms. The average molecular weight is 314 g/mol. The first-order chi connectivity index (χ1) is 11.2. The van der Waals surface area contributed by atoms with E-state index in [4.69, 9.17) is 10.5 Å². The number of benzene rings is 1. The molecule has 0 spiro atoms. The SMILES string of the molecule is COc1ccc(Cn2cc(C(=O)N3CCC[C@H](N)C3)cn2)cc1. The molecular weight excluding hydrogens is 292 g/mol. The molecule has 1 fully saturated rings. The van der Waals surface area contributed by atoms with Crippen molar-refractivity contribution in [2.45, 2.75) is 25.4 Å². The van der Waals surface area contributed by atoms with Gasteiger partial charge in [-0.3, -0.25) is 9.48 Å². The zero-order valence-electron chi connectivity index (χ0n) is 13.3. The average Bonchev–Trinajstić information content (AvgIpc) is 3.03. The van der Waals surface area contributed by atoms with Crippen LogP contribution >= 0.6 is 0 Å². The first-order valence-corrected chi connectivity index (χ1v) is 7.86. The van der Waals surface area contributed by atoms with Crippen LogP contribution in [0.15, 0.2) is 36.7 Å². The molecule has 6 nitrogen and oxygen atoms in total. The van der Waals surface area contributed by atoms with E-state index in [1.54, 1.807) is 24.2 Å². The molecule has 0 aliphatic carbocycles. The van der Waals surface area contributed by atoms with Gasteiger partial charge in [-0.05, 0) is 30.5 Å². The lowest BCUT2D eigenvalue weighted by atomic mass is 10.1. The highest BCUT2D eigenvalue weighted by Gasteiger charge is 2.23. The van der Waals surface area contributed by atoms with Crippen molar-refractivity contribution in [3.8, 4) is 5.75 Å². The van der Waals surface area contributed by atoms with Crippen molar-refractivity contribution in [3.05, 3.63) is 47.8 Å². The molecule has 1 aliphatic heterocycles. The highest BCUT2D eigenvalue weighted by Crippen LogP contribution is 2.14. The quantitative estimate of drug-likeness (QED) is 0.928. The van der Waals surface area contributed by atoms with Crippen LogP contribution in [0.4, 0.5) is 0 Å². The van der Waals surface area contributed by atoms with Gasteiger partial charge in [0.2, 0.25) is 0 Å². The number of aromatic nitrogens is 2. The second kappa shape index (κ2) is 6.83. The number of rotatable bonds is 4. The number of likely N-dealkylation sites (tertiary alicyclic amines) is 1. The van der Waals surface area contributed by atoms with Crippen LogP contribution in [0.1, 0.15) is 28.8 Å². The predicted molar refractivity (Wildman–Crippen MR) is 87.4 cm³/mol. The number of amides is 1. The fourth-order valence-corrected chi connectivity index (χ4v) is 2.86. The molecule has 0 unspecified atom stereocenters. The second-order valence-corrected chi connectivity index (χ2v) is 5.93. The minimum atomic E-state index is 0.0149. The van der Waals surface area contributed by atoms with Gasteiger partial charge in [0.1, 0.15) is 5.75 Å². The van der Waals surface area contributed by atoms with E-state index in [9.17, 15) is 4.79 Å². The summed E-state index contributed by atoms with van der Waals surface area (Å²) >= 11 is 0. The topological polar surface area (TPSA) is 73.4 Å². The maximum absolute atomic E-state index is 12.5. The maximum Gasteiger partial charge on any atom is 0.257 e. The summed E-state index contributed by atoms with van der Waals surface area (Å²) in [5.41, 5.74) is 7.67. The lowest BCUT2D eigenvalue weighted by molar-refractivity contribution is 0.0708. The van der Waals surface area contributed by atoms with Crippen LogP contribution in [0, 0.1) is 0 Å². The van der Waals surface area contributed by atoms with E-state index in [0.717, 1.165) is 30.7 Å². The summed E-state index contributed by atoms with van der Waals surface area (Å²) < 4.78 is 6.92. The standard InChI is InChI=1S/C17H22N4O2/c1-23-16-6-4-13(5-7-16)10-21-11-14(9-19-21)17(22)20-8-2-3-15(18)12-20/h4-7,9,11,15H,2-3,8,10,12,18H2,1H3/t15-/m0/s1. The van der Waals surface area contributed by atoms with Crippen LogP contribution in [0.5, 0.6) is 5.75 Å². The molecule has 1 atom stereocenters. The van der Waals surface area contributed by atoms with Crippen LogP contribution in [0.2, 0.25) is 0 Å². The molecule has 2 N–H and O–H groups in total. The van der Waals surface area contributed by atoms with E-state index >= 15 is 0 Å². The van der Waals surface area contributed by atoms with E-state index in [2.05, 4.69) is 5.10 Å². The zero-order chi connectivity index (χ0) is 16.2. The van der Waals surface area contributed by atoms with Gasteiger partial charge < -0.3 is 15.4 Å². The van der Waals surface area contributed by atoms with Crippen molar-refractivity contribution >= 4 is 5.91 Å². The number of ether oxygens (including phenoxy) is 1. The van der Waals surface area contributed by atoms with E-state index in [1.807, 2.05) is 29.2 Å². The minimum Gasteiger partial charge on any atom is -0.497 e. The number of carbonyl (C=O) groups is 1. The highest BCUT2D eigenvalue weighted by atomic mass is 16.5. The summed E-state index contributed by atoms with van der Waals surface area (Å²) in [6, 6.07) is 7.90. The fraction of sp³-hybridized carbons (Fsp3) is 0.412. The Labute approximate surface area is 135 Å². The molecular formula is C17H22N4O2. The Bertz CT molecular complexity index is 665. The van der Waals surface area contributed by atoms with Gasteiger partial charge in [0.05, 0.1) is 25.4 Å². The van der Waals surface area contributed by atoms with Gasteiger partial charge in [0.25, 0.3) is 5.91 Å². The molecule has 1 aliphatic rings. The smallest absolute Gasteiger partial charge is 0.257 e. The Morgan fingerprint density at radius 2 is 2.17 bits per heavy atom. The highest BCUT2D eigenvalue weighted by molar-refractivity contribution is 5.93. The number of piperidine rings is 1. The fourth-order valence-electron chi connectivity index (χ4n) is 2.86. The summed E-state index contributed by atoms with van der Waals surface area (Å²) in [6.45, 7) is 2.02. The summed E-state index contributed by atoms with van der Waals surface area (Å²) in [7, 11) is 1.65. The third-order valence-electron chi connectivity index (χ3n) is 4.13. The lowest BCUT2D eigenvalue weighted by Gasteiger charge is -2.30. The molecule has 2 aromatic rings. The van der Waals surface area contributed by atoms with E-state index in [-0.39, 0.29) is 11.9 Å². The Morgan fingerprint density at radius 1 is 1.39 bits per heavy atom. The van der Waals surface area contributed by atoms with Crippen LogP contribution in [0.3, 0.4) is 0 Å². The number of nitrogens with zero attached hydrogens (tertiary/aromatic N) is 3. The number of hydrogen-bond acceptors (Lipinski definition) is 4. The molecule has 0 saturated carbocycles. The maximum atomic E-state index is 12.5. The summed E-state index contributed by atoms with van der Waals surface area (Å²) in [5.74, 6) is 0.840. The lowest BCUT2D eigenvalue weighted by Crippen LogP contribution is -2.45. The van der Waals surface area contributed by atoms with Crippen molar-refractivity contribution in [2.75, 3.05) is 20.2 Å². The Hall–Kier alpha value is -2.34. The number of nitrogens with two attached hydrogens (primary N) is 1. The first-order valence-electron chi connectivity index (χ1n) is 7.86. The van der Waals surface area contributed by atoms with Gasteiger partial charge in [0, 0.05) is 25.3 Å². The third-order valence-corrected chi connectivity index (χ3v) is 4.13. The van der Waals surface area contributed by atoms with E-state index in [1.165, 1.54) is 0 Å². The molecule has 0 radical (unpaired) electrons. The Morgan fingerprint density at radius 3 is 2.87 bits per heavy atom. The minimum absolute atomic E-state index is 0.0149. The summed E-state index contributed by atoms with van der Waals surface area (Å²) in [5, 5.41) is 4.30. The number of methoxy groups -OCH3 is 1. The Balaban J connectivity index is 1.66. The largest absolute Gasteiger partial charge is 0.497 e. The van der Waals surface area contributed by atoms with Crippen molar-refractivity contribution < 1.29 is 9.53 Å². The number of carbonyl (C=O) groups excluding carboxylic acids is 1. The molecule has 1 saturated heterocycles. The molecule has 1 amide bonds. The first kappa shape index (κ1) is 15.6. The Kier molecular flexibility index (Phi) is 4.62. The molecule has 0 bridgehead atoms. The van der Waals surface area contributed by atoms with E-state index in [0.29, 0.717) is 18.7 Å². The van der Waals surface area contributed by atoms with Gasteiger partial charge in [-0.1, -0.05) is 12.1 Å². The normalized spacial score (nSPS) is 18.0. The van der Waals surface area contributed by atoms with Crippen LogP contribution in [-0.2, 0) is 6.54 Å². The van der Waals surface area contributed by atoms with Gasteiger partial charge in [0.15, 0.2) is 0 Å². The van der Waals surface area contributed by atoms with Crippen molar-refractivity contribution in [3.63, 3.8) is 0 Å². The van der Waals surface area contributed by atoms with Crippen LogP contribution in [-0.4, -0.2) is 46.8 Å². The van der Waals surface area contributed by atoms with Crippen molar-refractivity contribution in [1.82, 2.24) is 14.7 Å². The predicted octanol–water partition coefficient (Wildman–Crippen LogP) is 1.50. The van der Waals surface area contributed by atoms with Crippen LogP contribution in [0.25, 0.3) is 0 Å². The molecule has 6 heteroatoms. The third kappa shape index (κ3) is 3.71. The summed E-state index contributed by atoms with van der Waals surface area (Å²) in [4.78, 5) is 14.3. The second-order valence-electron chi connectivity index (χ2n) is 5.93. The molecule has 122 valence electrons. The zero-order valence-corrected chi connectivity index (χ0v) is 13.3. The summed E-state index contributed by atoms with van der Waals surface area (Å²) in [6.07, 6.45) is 5.38. The number of hydrogen-bond donors (Lipinski definition) is 1. The molecule has 1 aromatic carbocycles. The van der Waals surface area contributed by atoms with Crippen molar-refractivity contribution in [1.29, 1.82) is 0 Å².